The maximum absolute atomic E-state index is 12.9. The van der Waals surface area contributed by atoms with E-state index in [0.29, 0.717) is 55.8 Å². The Kier molecular flexibility index (Phi) is 6.50. The molecule has 0 N–H and O–H groups in total. The molecule has 0 aliphatic carbocycles. The van der Waals surface area contributed by atoms with Crippen LogP contribution in [0.2, 0.25) is 5.02 Å². The highest BCUT2D eigenvalue weighted by Crippen LogP contribution is 2.25. The number of rotatable bonds is 4. The largest absolute Gasteiger partial charge is 0.352 e. The van der Waals surface area contributed by atoms with Crippen molar-refractivity contribution in [3.05, 3.63) is 53.2 Å². The zero-order valence-corrected chi connectivity index (χ0v) is 19.1. The van der Waals surface area contributed by atoms with E-state index in [1.165, 1.54) is 0 Å². The van der Waals surface area contributed by atoms with Gasteiger partial charge in [-0.1, -0.05) is 18.5 Å². The summed E-state index contributed by atoms with van der Waals surface area (Å²) in [5.74, 6) is 1.20. The summed E-state index contributed by atoms with van der Waals surface area (Å²) in [5, 5.41) is 0.599. The molecule has 7 nitrogen and oxygen atoms in total. The second-order valence-electron chi connectivity index (χ2n) is 8.20. The van der Waals surface area contributed by atoms with Crippen LogP contribution in [0.3, 0.4) is 0 Å². The summed E-state index contributed by atoms with van der Waals surface area (Å²) in [6.07, 6.45) is 3.47. The van der Waals surface area contributed by atoms with Gasteiger partial charge in [0, 0.05) is 51.0 Å². The number of sulfonamides is 1. The van der Waals surface area contributed by atoms with Gasteiger partial charge < -0.3 is 9.80 Å². The molecule has 0 radical (unpaired) electrons. The van der Waals surface area contributed by atoms with Crippen LogP contribution in [-0.2, 0) is 10.0 Å². The lowest BCUT2D eigenvalue weighted by molar-refractivity contribution is 0.0746. The normalized spacial score (nSPS) is 18.9. The number of piperidine rings is 1. The van der Waals surface area contributed by atoms with Gasteiger partial charge >= 0.3 is 0 Å². The fourth-order valence-electron chi connectivity index (χ4n) is 4.06. The summed E-state index contributed by atoms with van der Waals surface area (Å²) in [6.45, 7) is 5.64. The highest BCUT2D eigenvalue weighted by Gasteiger charge is 2.29. The molecule has 3 heterocycles. The number of carbonyl (C=O) groups excluding carboxylic acids is 1. The van der Waals surface area contributed by atoms with Crippen LogP contribution in [0.1, 0.15) is 30.1 Å². The summed E-state index contributed by atoms with van der Waals surface area (Å²) in [5.41, 5.74) is 0.496. The molecule has 0 bridgehead atoms. The third-order valence-electron chi connectivity index (χ3n) is 6.09. The van der Waals surface area contributed by atoms with E-state index in [4.69, 9.17) is 11.6 Å². The predicted molar refractivity (Wildman–Crippen MR) is 121 cm³/mol. The van der Waals surface area contributed by atoms with Gasteiger partial charge in [-0.05, 0) is 55.2 Å². The van der Waals surface area contributed by atoms with Gasteiger partial charge in [-0.25, -0.2) is 13.4 Å². The maximum atomic E-state index is 12.9. The van der Waals surface area contributed by atoms with Crippen molar-refractivity contribution in [1.82, 2.24) is 14.2 Å². The fourth-order valence-corrected chi connectivity index (χ4v) is 5.77. The molecule has 1 amide bonds. The average molecular weight is 463 g/mol. The number of pyridine rings is 1. The molecule has 2 aliphatic heterocycles. The van der Waals surface area contributed by atoms with Crippen LogP contribution in [0.25, 0.3) is 0 Å². The third kappa shape index (κ3) is 4.71. The summed E-state index contributed by atoms with van der Waals surface area (Å²) in [6, 6.07) is 9.92. The molecule has 2 aromatic rings. The Morgan fingerprint density at radius 3 is 2.26 bits per heavy atom. The van der Waals surface area contributed by atoms with E-state index in [-0.39, 0.29) is 10.8 Å². The topological polar surface area (TPSA) is 73.8 Å². The minimum atomic E-state index is -3.51. The van der Waals surface area contributed by atoms with Crippen LogP contribution in [0.15, 0.2) is 47.5 Å². The van der Waals surface area contributed by atoms with E-state index in [1.54, 1.807) is 45.7 Å². The Hall–Kier alpha value is -2.16. The summed E-state index contributed by atoms with van der Waals surface area (Å²) in [7, 11) is -3.51. The quantitative estimate of drug-likeness (QED) is 0.698. The molecule has 9 heteroatoms. The molecule has 1 aromatic carbocycles. The van der Waals surface area contributed by atoms with E-state index < -0.39 is 10.0 Å². The maximum Gasteiger partial charge on any atom is 0.253 e. The van der Waals surface area contributed by atoms with Crippen LogP contribution in [0.5, 0.6) is 0 Å². The SMILES string of the molecule is CC1CCN(S(=O)(=O)c2ccc(C(=O)N3CCN(c4ncccc4Cl)CC3)cc2)CC1. The molecular formula is C22H27ClN4O3S. The smallest absolute Gasteiger partial charge is 0.253 e. The van der Waals surface area contributed by atoms with Crippen molar-refractivity contribution in [3.8, 4) is 0 Å². The first kappa shape index (κ1) is 22.0. The summed E-state index contributed by atoms with van der Waals surface area (Å²) < 4.78 is 27.3. The number of carbonyl (C=O) groups is 1. The molecule has 0 spiro atoms. The van der Waals surface area contributed by atoms with E-state index in [1.807, 2.05) is 6.07 Å². The average Bonchev–Trinajstić information content (AvgIpc) is 2.79. The van der Waals surface area contributed by atoms with Crippen LogP contribution in [0, 0.1) is 5.92 Å². The van der Waals surface area contributed by atoms with Crippen molar-refractivity contribution in [2.45, 2.75) is 24.7 Å². The summed E-state index contributed by atoms with van der Waals surface area (Å²) in [4.78, 5) is 21.3. The van der Waals surface area contributed by atoms with E-state index in [2.05, 4.69) is 16.8 Å². The van der Waals surface area contributed by atoms with Crippen LogP contribution < -0.4 is 4.90 Å². The predicted octanol–water partition coefficient (Wildman–Crippen LogP) is 3.12. The number of hydrogen-bond donors (Lipinski definition) is 0. The number of hydrogen-bond acceptors (Lipinski definition) is 5. The van der Waals surface area contributed by atoms with Crippen molar-refractivity contribution in [2.24, 2.45) is 5.92 Å². The molecule has 2 fully saturated rings. The first-order valence-electron chi connectivity index (χ1n) is 10.6. The second kappa shape index (κ2) is 9.14. The molecule has 31 heavy (non-hydrogen) atoms. The number of amides is 1. The molecule has 0 unspecified atom stereocenters. The number of benzene rings is 1. The first-order valence-corrected chi connectivity index (χ1v) is 12.4. The van der Waals surface area contributed by atoms with E-state index in [0.717, 1.165) is 18.7 Å². The van der Waals surface area contributed by atoms with Gasteiger partial charge in [0.2, 0.25) is 10.0 Å². The number of nitrogens with zero attached hydrogens (tertiary/aromatic N) is 4. The van der Waals surface area contributed by atoms with Gasteiger partial charge in [-0.15, -0.1) is 0 Å². The number of halogens is 1. The molecule has 1 aromatic heterocycles. The van der Waals surface area contributed by atoms with Crippen LogP contribution >= 0.6 is 11.6 Å². The molecule has 4 rings (SSSR count). The number of aromatic nitrogens is 1. The van der Waals surface area contributed by atoms with E-state index in [9.17, 15) is 13.2 Å². The van der Waals surface area contributed by atoms with Gasteiger partial charge in [0.1, 0.15) is 5.82 Å². The van der Waals surface area contributed by atoms with E-state index >= 15 is 0 Å². The fraction of sp³-hybridized carbons (Fsp3) is 0.455. The van der Waals surface area contributed by atoms with Gasteiger partial charge in [0.15, 0.2) is 0 Å². The lowest BCUT2D eigenvalue weighted by Crippen LogP contribution is -2.49. The van der Waals surface area contributed by atoms with Crippen molar-refractivity contribution < 1.29 is 13.2 Å². The van der Waals surface area contributed by atoms with Crippen molar-refractivity contribution >= 4 is 33.3 Å². The lowest BCUT2D eigenvalue weighted by atomic mass is 10.0. The zero-order valence-electron chi connectivity index (χ0n) is 17.6. The van der Waals surface area contributed by atoms with Gasteiger partial charge in [0.05, 0.1) is 9.92 Å². The third-order valence-corrected chi connectivity index (χ3v) is 8.30. The highest BCUT2D eigenvalue weighted by molar-refractivity contribution is 7.89. The monoisotopic (exact) mass is 462 g/mol. The standard InChI is InChI=1S/C22H27ClN4O3S/c1-17-8-11-27(12-9-17)31(29,30)19-6-4-18(5-7-19)22(28)26-15-13-25(14-16-26)21-20(23)3-2-10-24-21/h2-7,10,17H,8-9,11-16H2,1H3. The molecule has 2 saturated heterocycles. The van der Waals surface area contributed by atoms with Gasteiger partial charge in [-0.2, -0.15) is 4.31 Å². The van der Waals surface area contributed by atoms with Gasteiger partial charge in [-0.3, -0.25) is 4.79 Å². The summed E-state index contributed by atoms with van der Waals surface area (Å²) >= 11 is 6.23. The molecule has 166 valence electrons. The Balaban J connectivity index is 1.39. The highest BCUT2D eigenvalue weighted by atomic mass is 35.5. The zero-order chi connectivity index (χ0) is 22.0. The van der Waals surface area contributed by atoms with Crippen LogP contribution in [-0.4, -0.2) is 67.8 Å². The number of anilines is 1. The lowest BCUT2D eigenvalue weighted by Gasteiger charge is -2.35. The Labute approximate surface area is 188 Å². The van der Waals surface area contributed by atoms with Crippen molar-refractivity contribution in [1.29, 1.82) is 0 Å². The Morgan fingerprint density at radius 2 is 1.65 bits per heavy atom. The number of piperazine rings is 1. The van der Waals surface area contributed by atoms with Crippen molar-refractivity contribution in [2.75, 3.05) is 44.2 Å². The minimum Gasteiger partial charge on any atom is -0.352 e. The van der Waals surface area contributed by atoms with Gasteiger partial charge in [0.25, 0.3) is 5.91 Å². The van der Waals surface area contributed by atoms with Crippen LogP contribution in [0.4, 0.5) is 5.82 Å². The Morgan fingerprint density at radius 1 is 1.00 bits per heavy atom. The van der Waals surface area contributed by atoms with Crippen molar-refractivity contribution in [3.63, 3.8) is 0 Å². The Bertz CT molecular complexity index is 1030. The molecular weight excluding hydrogens is 436 g/mol. The molecule has 2 aliphatic rings. The molecule has 0 saturated carbocycles. The minimum absolute atomic E-state index is 0.0949. The first-order chi connectivity index (χ1) is 14.9. The molecule has 0 atom stereocenters. The second-order valence-corrected chi connectivity index (χ2v) is 10.5.